The Balaban J connectivity index is 0.00000117. The second-order valence-corrected chi connectivity index (χ2v) is 8.59. The number of pyridine rings is 1. The highest BCUT2D eigenvalue weighted by Gasteiger charge is 2.44. The molecule has 1 aliphatic carbocycles. The van der Waals surface area contributed by atoms with Gasteiger partial charge in [0.05, 0.1) is 11.1 Å². The first-order valence-corrected chi connectivity index (χ1v) is 11.1. The Bertz CT molecular complexity index is 975. The third kappa shape index (κ3) is 4.13. The van der Waals surface area contributed by atoms with Gasteiger partial charge in [-0.1, -0.05) is 26.7 Å². The van der Waals surface area contributed by atoms with Crippen LogP contribution in [0.3, 0.4) is 0 Å². The van der Waals surface area contributed by atoms with Crippen molar-refractivity contribution in [3.63, 3.8) is 0 Å². The fraction of sp³-hybridized carbons (Fsp3) is 0.478. The number of fused-ring (bicyclic) bond motifs is 2. The van der Waals surface area contributed by atoms with Crippen LogP contribution in [0.2, 0.25) is 0 Å². The summed E-state index contributed by atoms with van der Waals surface area (Å²) in [5, 5.41) is 2.89. The van der Waals surface area contributed by atoms with E-state index in [0.717, 1.165) is 39.9 Å². The summed E-state index contributed by atoms with van der Waals surface area (Å²) in [6.45, 7) is 8.64. The Morgan fingerprint density at radius 2 is 1.90 bits per heavy atom. The third-order valence-electron chi connectivity index (χ3n) is 5.85. The molecule has 2 aliphatic rings. The minimum atomic E-state index is -0.182. The van der Waals surface area contributed by atoms with Crippen molar-refractivity contribution >= 4 is 21.8 Å². The fourth-order valence-corrected chi connectivity index (χ4v) is 4.97. The van der Waals surface area contributed by atoms with Gasteiger partial charge in [0, 0.05) is 34.3 Å². The maximum Gasteiger partial charge on any atom is 0.253 e. The lowest BCUT2D eigenvalue weighted by Gasteiger charge is -2.21. The van der Waals surface area contributed by atoms with Crippen LogP contribution in [0.1, 0.15) is 72.3 Å². The lowest BCUT2D eigenvalue weighted by molar-refractivity contribution is 0.0950. The predicted molar refractivity (Wildman–Crippen MR) is 119 cm³/mol. The molecule has 6 heteroatoms. The van der Waals surface area contributed by atoms with Gasteiger partial charge < -0.3 is 15.0 Å². The normalized spacial score (nSPS) is 16.0. The number of aromatic nitrogens is 1. The number of hydrogen-bond donors (Lipinski definition) is 2. The third-order valence-corrected chi connectivity index (χ3v) is 6.44. The summed E-state index contributed by atoms with van der Waals surface area (Å²) in [6.07, 6.45) is 4.61. The number of hydrogen-bond acceptors (Lipinski definition) is 3. The van der Waals surface area contributed by atoms with Crippen LogP contribution in [0.15, 0.2) is 27.5 Å². The van der Waals surface area contributed by atoms with E-state index in [9.17, 15) is 9.59 Å². The van der Waals surface area contributed by atoms with Crippen molar-refractivity contribution in [1.82, 2.24) is 10.3 Å². The van der Waals surface area contributed by atoms with E-state index < -0.39 is 0 Å². The maximum atomic E-state index is 12.8. The Labute approximate surface area is 180 Å². The first kappa shape index (κ1) is 21.6. The second-order valence-electron chi connectivity index (χ2n) is 7.74. The summed E-state index contributed by atoms with van der Waals surface area (Å²) in [6, 6.07) is 5.68. The van der Waals surface area contributed by atoms with E-state index in [4.69, 9.17) is 4.74 Å². The van der Waals surface area contributed by atoms with E-state index in [1.54, 1.807) is 6.07 Å². The summed E-state index contributed by atoms with van der Waals surface area (Å²) in [4.78, 5) is 27.7. The molecule has 1 fully saturated rings. The largest absolute Gasteiger partial charge is 0.491 e. The highest BCUT2D eigenvalue weighted by molar-refractivity contribution is 9.10. The SMILES string of the molecule is CC.Cc1cc(C)c(CNC(=O)c2cc(Br)c3c(c2)C2(CCCC2)CO3)c(=O)[nH]1. The molecule has 0 unspecified atom stereocenters. The predicted octanol–water partition coefficient (Wildman–Crippen LogP) is 4.91. The number of benzene rings is 1. The Kier molecular flexibility index (Phi) is 6.52. The molecule has 4 rings (SSSR count). The van der Waals surface area contributed by atoms with Crippen LogP contribution in [-0.4, -0.2) is 17.5 Å². The highest BCUT2D eigenvalue weighted by Crippen LogP contribution is 2.51. The van der Waals surface area contributed by atoms with E-state index >= 15 is 0 Å². The van der Waals surface area contributed by atoms with Crippen LogP contribution < -0.4 is 15.6 Å². The Hall–Kier alpha value is -2.08. The van der Waals surface area contributed by atoms with Crippen molar-refractivity contribution in [2.75, 3.05) is 6.61 Å². The number of amides is 1. The molecular formula is C23H29BrN2O3. The maximum absolute atomic E-state index is 12.8. The zero-order chi connectivity index (χ0) is 21.2. The summed E-state index contributed by atoms with van der Waals surface area (Å²) < 4.78 is 6.77. The number of aromatic amines is 1. The van der Waals surface area contributed by atoms with Gasteiger partial charge in [0.15, 0.2) is 0 Å². The second kappa shape index (κ2) is 8.74. The van der Waals surface area contributed by atoms with Gasteiger partial charge in [-0.3, -0.25) is 9.59 Å². The number of rotatable bonds is 3. The lowest BCUT2D eigenvalue weighted by Crippen LogP contribution is -2.28. The van der Waals surface area contributed by atoms with Crippen molar-refractivity contribution in [3.05, 3.63) is 61.0 Å². The minimum Gasteiger partial charge on any atom is -0.491 e. The van der Waals surface area contributed by atoms with Gasteiger partial charge in [-0.05, 0) is 66.4 Å². The zero-order valence-corrected chi connectivity index (χ0v) is 19.2. The van der Waals surface area contributed by atoms with E-state index in [0.29, 0.717) is 17.7 Å². The standard InChI is InChI=1S/C21H23BrN2O3.C2H6/c1-12-7-13(2)24-20(26)15(12)10-23-19(25)14-8-16-18(17(22)9-14)27-11-21(16)5-3-4-6-21;1-2/h7-9H,3-6,10-11H2,1-2H3,(H,23,25)(H,24,26);1-2H3. The molecule has 2 heterocycles. The molecular weight excluding hydrogens is 432 g/mol. The molecule has 1 saturated carbocycles. The number of halogens is 1. The summed E-state index contributed by atoms with van der Waals surface area (Å²) in [5.74, 6) is 0.692. The van der Waals surface area contributed by atoms with Gasteiger partial charge in [0.2, 0.25) is 0 Å². The monoisotopic (exact) mass is 460 g/mol. The smallest absolute Gasteiger partial charge is 0.253 e. The molecule has 1 aromatic heterocycles. The minimum absolute atomic E-state index is 0.0544. The molecule has 0 atom stereocenters. The average Bonchev–Trinajstić information content (AvgIpc) is 3.31. The number of carbonyl (C=O) groups excluding carboxylic acids is 1. The van der Waals surface area contributed by atoms with Crippen LogP contribution in [0.25, 0.3) is 0 Å². The first-order valence-electron chi connectivity index (χ1n) is 10.3. The van der Waals surface area contributed by atoms with Crippen LogP contribution in [0, 0.1) is 13.8 Å². The molecule has 1 spiro atoms. The summed E-state index contributed by atoms with van der Waals surface area (Å²) in [7, 11) is 0. The quantitative estimate of drug-likeness (QED) is 0.682. The van der Waals surface area contributed by atoms with Crippen molar-refractivity contribution in [1.29, 1.82) is 0 Å². The zero-order valence-electron chi connectivity index (χ0n) is 17.6. The van der Waals surface area contributed by atoms with Gasteiger partial charge >= 0.3 is 0 Å². The van der Waals surface area contributed by atoms with Crippen LogP contribution in [-0.2, 0) is 12.0 Å². The molecule has 0 radical (unpaired) electrons. The fourth-order valence-electron chi connectivity index (χ4n) is 4.39. The van der Waals surface area contributed by atoms with Crippen molar-refractivity contribution in [3.8, 4) is 5.75 Å². The number of aryl methyl sites for hydroxylation is 2. The van der Waals surface area contributed by atoms with Gasteiger partial charge in [-0.15, -0.1) is 0 Å². The Morgan fingerprint density at radius 3 is 2.55 bits per heavy atom. The molecule has 2 aromatic rings. The van der Waals surface area contributed by atoms with Gasteiger partial charge in [-0.2, -0.15) is 0 Å². The number of carbonyl (C=O) groups is 1. The number of H-pyrrole nitrogens is 1. The van der Waals surface area contributed by atoms with Crippen molar-refractivity contribution < 1.29 is 9.53 Å². The van der Waals surface area contributed by atoms with Gasteiger partial charge in [0.1, 0.15) is 5.75 Å². The van der Waals surface area contributed by atoms with Gasteiger partial charge in [-0.25, -0.2) is 0 Å². The van der Waals surface area contributed by atoms with Crippen molar-refractivity contribution in [2.24, 2.45) is 0 Å². The van der Waals surface area contributed by atoms with E-state index in [-0.39, 0.29) is 23.4 Å². The number of nitrogens with one attached hydrogen (secondary N) is 2. The molecule has 0 saturated heterocycles. The summed E-state index contributed by atoms with van der Waals surface area (Å²) in [5.41, 5.74) is 3.93. The van der Waals surface area contributed by atoms with Crippen LogP contribution in [0.5, 0.6) is 5.75 Å². The molecule has 5 nitrogen and oxygen atoms in total. The molecule has 1 aromatic carbocycles. The molecule has 2 N–H and O–H groups in total. The lowest BCUT2D eigenvalue weighted by atomic mass is 9.80. The van der Waals surface area contributed by atoms with E-state index in [1.165, 1.54) is 12.8 Å². The Morgan fingerprint density at radius 1 is 1.21 bits per heavy atom. The van der Waals surface area contributed by atoms with Crippen molar-refractivity contribution in [2.45, 2.75) is 65.3 Å². The van der Waals surface area contributed by atoms with Gasteiger partial charge in [0.25, 0.3) is 11.5 Å². The molecule has 1 aliphatic heterocycles. The van der Waals surface area contributed by atoms with Crippen LogP contribution in [0.4, 0.5) is 0 Å². The molecule has 0 bridgehead atoms. The molecule has 156 valence electrons. The highest BCUT2D eigenvalue weighted by atomic mass is 79.9. The molecule has 1 amide bonds. The van der Waals surface area contributed by atoms with Crippen LogP contribution >= 0.6 is 15.9 Å². The molecule has 29 heavy (non-hydrogen) atoms. The topological polar surface area (TPSA) is 71.2 Å². The van der Waals surface area contributed by atoms with E-state index in [2.05, 4.69) is 26.2 Å². The first-order chi connectivity index (χ1) is 13.9. The number of ether oxygens (including phenoxy) is 1. The summed E-state index contributed by atoms with van der Waals surface area (Å²) >= 11 is 3.56. The van der Waals surface area contributed by atoms with E-state index in [1.807, 2.05) is 39.8 Å². The average molecular weight is 461 g/mol.